The Morgan fingerprint density at radius 2 is 1.52 bits per heavy atom. The lowest BCUT2D eigenvalue weighted by Gasteiger charge is -2.10. The van der Waals surface area contributed by atoms with Gasteiger partial charge in [0.2, 0.25) is 0 Å². The van der Waals surface area contributed by atoms with Gasteiger partial charge in [0.15, 0.2) is 0 Å². The molecule has 0 aromatic heterocycles. The van der Waals surface area contributed by atoms with Crippen molar-refractivity contribution in [1.29, 1.82) is 0 Å². The lowest BCUT2D eigenvalue weighted by atomic mass is 10.2. The molecule has 0 aliphatic rings. The van der Waals surface area contributed by atoms with Crippen LogP contribution in [0.3, 0.4) is 0 Å². The molecule has 0 radical (unpaired) electrons. The average molecular weight is 421 g/mol. The molecule has 0 saturated carbocycles. The summed E-state index contributed by atoms with van der Waals surface area (Å²) < 4.78 is 5.73. The molecule has 0 fully saturated rings. The Hall–Kier alpha value is -2.20. The van der Waals surface area contributed by atoms with Crippen molar-refractivity contribution in [2.75, 3.05) is 11.9 Å². The minimum atomic E-state index is -0.300. The van der Waals surface area contributed by atoms with Gasteiger partial charge in [0, 0.05) is 12.0 Å². The summed E-state index contributed by atoms with van der Waals surface area (Å²) in [7, 11) is 0. The number of nitrogens with one attached hydrogen (secondary N) is 1. The highest BCUT2D eigenvalue weighted by Gasteiger charge is 2.11. The van der Waals surface area contributed by atoms with Crippen LogP contribution in [-0.2, 0) is 6.42 Å². The molecule has 1 amide bonds. The highest BCUT2D eigenvalue weighted by molar-refractivity contribution is 6.44. The maximum absolute atomic E-state index is 12.4. The fraction of sp³-hybridized carbons (Fsp3) is 0.0952. The van der Waals surface area contributed by atoms with Crippen LogP contribution in [0, 0.1) is 0 Å². The van der Waals surface area contributed by atoms with E-state index < -0.39 is 0 Å². The Labute approximate surface area is 172 Å². The summed E-state index contributed by atoms with van der Waals surface area (Å²) >= 11 is 18.0. The molecule has 0 bridgehead atoms. The first kappa shape index (κ1) is 19.6. The molecule has 3 rings (SSSR count). The van der Waals surface area contributed by atoms with E-state index >= 15 is 0 Å². The Balaban J connectivity index is 1.58. The minimum absolute atomic E-state index is 0.300. The largest absolute Gasteiger partial charge is 0.493 e. The van der Waals surface area contributed by atoms with E-state index in [0.717, 1.165) is 6.42 Å². The molecule has 3 nitrogen and oxygen atoms in total. The normalized spacial score (nSPS) is 10.5. The molecule has 0 heterocycles. The van der Waals surface area contributed by atoms with Gasteiger partial charge in [-0.15, -0.1) is 0 Å². The summed E-state index contributed by atoms with van der Waals surface area (Å²) in [4.78, 5) is 12.4. The van der Waals surface area contributed by atoms with Crippen LogP contribution in [0.4, 0.5) is 5.69 Å². The van der Waals surface area contributed by atoms with Crippen LogP contribution in [0.1, 0.15) is 15.9 Å². The summed E-state index contributed by atoms with van der Waals surface area (Å²) in [5, 5.41) is 3.69. The number of benzene rings is 3. The molecule has 0 unspecified atom stereocenters. The van der Waals surface area contributed by atoms with Crippen molar-refractivity contribution in [2.24, 2.45) is 0 Å². The highest BCUT2D eigenvalue weighted by atomic mass is 35.5. The predicted octanol–water partition coefficient (Wildman–Crippen LogP) is 6.52. The van der Waals surface area contributed by atoms with E-state index in [4.69, 9.17) is 39.5 Å². The van der Waals surface area contributed by atoms with Gasteiger partial charge in [0.1, 0.15) is 5.75 Å². The first-order valence-corrected chi connectivity index (χ1v) is 9.39. The van der Waals surface area contributed by atoms with E-state index in [-0.39, 0.29) is 5.91 Å². The van der Waals surface area contributed by atoms with Gasteiger partial charge in [0.05, 0.1) is 27.4 Å². The van der Waals surface area contributed by atoms with Crippen LogP contribution in [0.15, 0.2) is 66.7 Å². The van der Waals surface area contributed by atoms with Crippen LogP contribution in [-0.4, -0.2) is 12.5 Å². The number of carbonyl (C=O) groups excluding carboxylic acids is 1. The smallest absolute Gasteiger partial charge is 0.255 e. The lowest BCUT2D eigenvalue weighted by molar-refractivity contribution is 0.102. The van der Waals surface area contributed by atoms with E-state index in [2.05, 4.69) is 17.4 Å². The molecule has 138 valence electrons. The topological polar surface area (TPSA) is 38.3 Å². The second kappa shape index (κ2) is 9.14. The molecule has 0 aliphatic carbocycles. The van der Waals surface area contributed by atoms with Crippen molar-refractivity contribution >= 4 is 46.4 Å². The van der Waals surface area contributed by atoms with E-state index in [1.54, 1.807) is 24.3 Å². The number of halogens is 3. The van der Waals surface area contributed by atoms with Gasteiger partial charge in [0.25, 0.3) is 5.91 Å². The van der Waals surface area contributed by atoms with Crippen molar-refractivity contribution in [3.8, 4) is 5.75 Å². The molecule has 27 heavy (non-hydrogen) atoms. The summed E-state index contributed by atoms with van der Waals surface area (Å²) in [5.41, 5.74) is 2.10. The SMILES string of the molecule is O=C(Nc1cc(Cl)c(Cl)cc1Cl)c1ccc(OCCc2ccccc2)cc1. The Morgan fingerprint density at radius 3 is 2.22 bits per heavy atom. The van der Waals surface area contributed by atoms with Crippen molar-refractivity contribution in [2.45, 2.75) is 6.42 Å². The monoisotopic (exact) mass is 419 g/mol. The molecule has 0 aliphatic heterocycles. The molecule has 1 N–H and O–H groups in total. The number of rotatable bonds is 6. The predicted molar refractivity (Wildman–Crippen MR) is 112 cm³/mol. The third-order valence-electron chi connectivity index (χ3n) is 3.88. The molecular formula is C21H16Cl3NO2. The van der Waals surface area contributed by atoms with Gasteiger partial charge < -0.3 is 10.1 Å². The van der Waals surface area contributed by atoms with E-state index in [9.17, 15) is 4.79 Å². The van der Waals surface area contributed by atoms with E-state index in [0.29, 0.717) is 38.7 Å². The lowest BCUT2D eigenvalue weighted by Crippen LogP contribution is -2.12. The molecular weight excluding hydrogens is 405 g/mol. The number of hydrogen-bond donors (Lipinski definition) is 1. The maximum Gasteiger partial charge on any atom is 0.255 e. The maximum atomic E-state index is 12.4. The standard InChI is InChI=1S/C21H16Cl3NO2/c22-17-12-19(24)20(13-18(17)23)25-21(26)15-6-8-16(9-7-15)27-11-10-14-4-2-1-3-5-14/h1-9,12-13H,10-11H2,(H,25,26). The van der Waals surface area contributed by atoms with Gasteiger partial charge >= 0.3 is 0 Å². The van der Waals surface area contributed by atoms with Gasteiger partial charge in [-0.25, -0.2) is 0 Å². The third kappa shape index (κ3) is 5.39. The van der Waals surface area contributed by atoms with Crippen LogP contribution in [0.25, 0.3) is 0 Å². The van der Waals surface area contributed by atoms with Gasteiger partial charge in [-0.2, -0.15) is 0 Å². The van der Waals surface area contributed by atoms with Crippen molar-refractivity contribution < 1.29 is 9.53 Å². The van der Waals surface area contributed by atoms with Crippen LogP contribution in [0.2, 0.25) is 15.1 Å². The van der Waals surface area contributed by atoms with E-state index in [1.807, 2.05) is 18.2 Å². The zero-order valence-corrected chi connectivity index (χ0v) is 16.5. The third-order valence-corrected chi connectivity index (χ3v) is 4.91. The highest BCUT2D eigenvalue weighted by Crippen LogP contribution is 2.32. The van der Waals surface area contributed by atoms with Gasteiger partial charge in [-0.3, -0.25) is 4.79 Å². The number of hydrogen-bond acceptors (Lipinski definition) is 2. The van der Waals surface area contributed by atoms with Crippen LogP contribution < -0.4 is 10.1 Å². The Kier molecular flexibility index (Phi) is 6.62. The Bertz CT molecular complexity index is 928. The first-order valence-electron chi connectivity index (χ1n) is 8.25. The minimum Gasteiger partial charge on any atom is -0.493 e. The van der Waals surface area contributed by atoms with E-state index in [1.165, 1.54) is 17.7 Å². The first-order chi connectivity index (χ1) is 13.0. The van der Waals surface area contributed by atoms with Crippen molar-refractivity contribution in [3.05, 3.63) is 92.9 Å². The zero-order valence-electron chi connectivity index (χ0n) is 14.2. The summed E-state index contributed by atoms with van der Waals surface area (Å²) in [6.45, 7) is 0.564. The van der Waals surface area contributed by atoms with Crippen molar-refractivity contribution in [3.63, 3.8) is 0 Å². The molecule has 0 atom stereocenters. The number of carbonyl (C=O) groups is 1. The molecule has 0 spiro atoms. The summed E-state index contributed by atoms with van der Waals surface area (Å²) in [5.74, 6) is 0.404. The van der Waals surface area contributed by atoms with Crippen LogP contribution >= 0.6 is 34.8 Å². The fourth-order valence-electron chi connectivity index (χ4n) is 2.45. The second-order valence-corrected chi connectivity index (χ2v) is 7.03. The van der Waals surface area contributed by atoms with Gasteiger partial charge in [-0.1, -0.05) is 65.1 Å². The average Bonchev–Trinajstić information content (AvgIpc) is 2.67. The number of ether oxygens (including phenoxy) is 1. The van der Waals surface area contributed by atoms with Crippen molar-refractivity contribution in [1.82, 2.24) is 0 Å². The summed E-state index contributed by atoms with van der Waals surface area (Å²) in [6.07, 6.45) is 0.818. The zero-order chi connectivity index (χ0) is 19.2. The molecule has 0 saturated heterocycles. The molecule has 3 aromatic rings. The Morgan fingerprint density at radius 1 is 0.852 bits per heavy atom. The molecule has 3 aromatic carbocycles. The number of amides is 1. The second-order valence-electron chi connectivity index (χ2n) is 5.81. The number of anilines is 1. The quantitative estimate of drug-likeness (QED) is 0.461. The molecule has 6 heteroatoms. The fourth-order valence-corrected chi connectivity index (χ4v) is 3.04. The van der Waals surface area contributed by atoms with Gasteiger partial charge in [-0.05, 0) is 42.0 Å². The van der Waals surface area contributed by atoms with Crippen LogP contribution in [0.5, 0.6) is 5.75 Å². The summed E-state index contributed by atoms with van der Waals surface area (Å²) in [6, 6.07) is 20.0.